The molecule has 0 bridgehead atoms. The lowest BCUT2D eigenvalue weighted by molar-refractivity contribution is -0.152. The standard InChI is InChI=1S/C14H22N4O2.HI/c1-14(2,3)20-12(19)10-18-13(15)17-9-7-11-6-4-5-8-16-11;/h4-6,8H,7,9-10H2,1-3H3,(H3,15,17,18);1H. The van der Waals surface area contributed by atoms with E-state index in [4.69, 9.17) is 10.5 Å². The van der Waals surface area contributed by atoms with E-state index in [9.17, 15) is 4.79 Å². The molecule has 3 N–H and O–H groups in total. The van der Waals surface area contributed by atoms with Crippen molar-refractivity contribution in [2.75, 3.05) is 13.1 Å². The molecule has 1 aromatic rings. The summed E-state index contributed by atoms with van der Waals surface area (Å²) in [5, 5.41) is 2.93. The van der Waals surface area contributed by atoms with E-state index in [0.29, 0.717) is 6.54 Å². The lowest BCUT2D eigenvalue weighted by atomic mass is 10.2. The number of carbonyl (C=O) groups is 1. The van der Waals surface area contributed by atoms with Gasteiger partial charge in [0.25, 0.3) is 0 Å². The quantitative estimate of drug-likeness (QED) is 0.335. The number of aromatic nitrogens is 1. The van der Waals surface area contributed by atoms with Crippen molar-refractivity contribution in [1.29, 1.82) is 0 Å². The van der Waals surface area contributed by atoms with Crippen LogP contribution in [-0.4, -0.2) is 35.6 Å². The van der Waals surface area contributed by atoms with Gasteiger partial charge in [0.1, 0.15) is 12.1 Å². The number of halogens is 1. The number of nitrogens with one attached hydrogen (secondary N) is 1. The normalized spacial score (nSPS) is 11.5. The maximum atomic E-state index is 11.4. The van der Waals surface area contributed by atoms with Gasteiger partial charge >= 0.3 is 5.97 Å². The number of nitrogens with zero attached hydrogens (tertiary/aromatic N) is 2. The van der Waals surface area contributed by atoms with E-state index < -0.39 is 11.6 Å². The number of rotatable bonds is 5. The van der Waals surface area contributed by atoms with Crippen LogP contribution in [0.2, 0.25) is 0 Å². The van der Waals surface area contributed by atoms with E-state index in [2.05, 4.69) is 15.3 Å². The molecule has 0 unspecified atom stereocenters. The van der Waals surface area contributed by atoms with Crippen molar-refractivity contribution in [3.8, 4) is 0 Å². The van der Waals surface area contributed by atoms with Crippen LogP contribution in [0.15, 0.2) is 29.4 Å². The number of carbonyl (C=O) groups excluding carboxylic acids is 1. The zero-order chi connectivity index (χ0) is 15.0. The van der Waals surface area contributed by atoms with Crippen molar-refractivity contribution in [3.05, 3.63) is 30.1 Å². The Labute approximate surface area is 142 Å². The summed E-state index contributed by atoms with van der Waals surface area (Å²) >= 11 is 0. The van der Waals surface area contributed by atoms with Crippen molar-refractivity contribution >= 4 is 35.9 Å². The van der Waals surface area contributed by atoms with Crippen LogP contribution in [-0.2, 0) is 16.0 Å². The largest absolute Gasteiger partial charge is 0.459 e. The Morgan fingerprint density at radius 2 is 2.14 bits per heavy atom. The summed E-state index contributed by atoms with van der Waals surface area (Å²) in [4.78, 5) is 19.6. The Kier molecular flexibility index (Phi) is 8.91. The Hall–Kier alpha value is -1.38. The SMILES string of the molecule is CC(C)(C)OC(=O)CN=C(N)NCCc1ccccn1.I. The van der Waals surface area contributed by atoms with Crippen LogP contribution in [0, 0.1) is 0 Å². The lowest BCUT2D eigenvalue weighted by Gasteiger charge is -2.18. The summed E-state index contributed by atoms with van der Waals surface area (Å²) in [6, 6.07) is 5.74. The van der Waals surface area contributed by atoms with Gasteiger partial charge in [-0.1, -0.05) is 6.07 Å². The van der Waals surface area contributed by atoms with Crippen molar-refractivity contribution in [3.63, 3.8) is 0 Å². The third kappa shape index (κ3) is 10.1. The summed E-state index contributed by atoms with van der Waals surface area (Å²) in [7, 11) is 0. The van der Waals surface area contributed by atoms with Crippen LogP contribution < -0.4 is 11.1 Å². The number of nitrogens with two attached hydrogens (primary N) is 1. The molecule has 118 valence electrons. The second kappa shape index (κ2) is 9.54. The first-order valence-electron chi connectivity index (χ1n) is 6.52. The molecule has 0 aliphatic carbocycles. The Bertz CT molecular complexity index is 458. The fourth-order valence-electron chi connectivity index (χ4n) is 1.44. The van der Waals surface area contributed by atoms with Crippen LogP contribution in [0.5, 0.6) is 0 Å². The average molecular weight is 406 g/mol. The molecular weight excluding hydrogens is 383 g/mol. The smallest absolute Gasteiger partial charge is 0.328 e. The summed E-state index contributed by atoms with van der Waals surface area (Å²) in [5.74, 6) is -0.168. The average Bonchev–Trinajstić information content (AvgIpc) is 2.36. The molecule has 1 rings (SSSR count). The molecule has 0 amide bonds. The van der Waals surface area contributed by atoms with Crippen molar-refractivity contribution in [2.24, 2.45) is 10.7 Å². The van der Waals surface area contributed by atoms with E-state index in [-0.39, 0.29) is 36.5 Å². The summed E-state index contributed by atoms with van der Waals surface area (Å²) in [5.41, 5.74) is 6.13. The topological polar surface area (TPSA) is 89.6 Å². The van der Waals surface area contributed by atoms with Crippen LogP contribution >= 0.6 is 24.0 Å². The molecule has 1 aromatic heterocycles. The van der Waals surface area contributed by atoms with Crippen molar-refractivity contribution in [2.45, 2.75) is 32.8 Å². The van der Waals surface area contributed by atoms with Gasteiger partial charge in [-0.05, 0) is 32.9 Å². The third-order valence-electron chi connectivity index (χ3n) is 2.21. The highest BCUT2D eigenvalue weighted by Crippen LogP contribution is 2.06. The number of pyridine rings is 1. The highest BCUT2D eigenvalue weighted by atomic mass is 127. The predicted molar refractivity (Wildman–Crippen MR) is 93.7 cm³/mol. The van der Waals surface area contributed by atoms with Crippen LogP contribution in [0.3, 0.4) is 0 Å². The number of aliphatic imine (C=N–C) groups is 1. The van der Waals surface area contributed by atoms with E-state index in [1.807, 2.05) is 39.0 Å². The predicted octanol–water partition coefficient (Wildman–Crippen LogP) is 1.49. The Morgan fingerprint density at radius 1 is 1.43 bits per heavy atom. The first-order valence-corrected chi connectivity index (χ1v) is 6.52. The molecule has 1 heterocycles. The minimum Gasteiger partial charge on any atom is -0.459 e. The van der Waals surface area contributed by atoms with Crippen molar-refractivity contribution in [1.82, 2.24) is 10.3 Å². The Balaban J connectivity index is 0.00000400. The number of hydrogen-bond donors (Lipinski definition) is 2. The number of hydrogen-bond acceptors (Lipinski definition) is 4. The number of guanidine groups is 1. The molecule has 0 spiro atoms. The van der Waals surface area contributed by atoms with Gasteiger partial charge in [0.2, 0.25) is 0 Å². The van der Waals surface area contributed by atoms with E-state index in [1.54, 1.807) is 6.20 Å². The summed E-state index contributed by atoms with van der Waals surface area (Å²) < 4.78 is 5.12. The molecule has 21 heavy (non-hydrogen) atoms. The molecule has 0 aliphatic heterocycles. The zero-order valence-corrected chi connectivity index (χ0v) is 15.0. The second-order valence-electron chi connectivity index (χ2n) is 5.29. The minimum atomic E-state index is -0.506. The molecule has 0 fully saturated rings. The van der Waals surface area contributed by atoms with Crippen molar-refractivity contribution < 1.29 is 9.53 Å². The van der Waals surface area contributed by atoms with Crippen LogP contribution in [0.1, 0.15) is 26.5 Å². The van der Waals surface area contributed by atoms with Crippen LogP contribution in [0.4, 0.5) is 0 Å². The Morgan fingerprint density at radius 3 is 2.71 bits per heavy atom. The van der Waals surface area contributed by atoms with Gasteiger partial charge in [-0.15, -0.1) is 24.0 Å². The van der Waals surface area contributed by atoms with Gasteiger partial charge in [0.05, 0.1) is 0 Å². The number of ether oxygens (including phenoxy) is 1. The highest BCUT2D eigenvalue weighted by Gasteiger charge is 2.15. The van der Waals surface area contributed by atoms with Gasteiger partial charge in [-0.3, -0.25) is 9.78 Å². The molecule has 0 aliphatic rings. The monoisotopic (exact) mass is 406 g/mol. The highest BCUT2D eigenvalue weighted by molar-refractivity contribution is 14.0. The fourth-order valence-corrected chi connectivity index (χ4v) is 1.44. The molecule has 0 atom stereocenters. The van der Waals surface area contributed by atoms with Gasteiger partial charge in [0.15, 0.2) is 5.96 Å². The minimum absolute atomic E-state index is 0. The van der Waals surface area contributed by atoms with E-state index in [0.717, 1.165) is 12.1 Å². The molecule has 7 heteroatoms. The molecule has 0 aromatic carbocycles. The molecule has 0 saturated heterocycles. The zero-order valence-electron chi connectivity index (χ0n) is 12.6. The first kappa shape index (κ1) is 19.6. The maximum absolute atomic E-state index is 11.4. The third-order valence-corrected chi connectivity index (χ3v) is 2.21. The maximum Gasteiger partial charge on any atom is 0.328 e. The molecular formula is C14H23IN4O2. The fraction of sp³-hybridized carbons (Fsp3) is 0.500. The van der Waals surface area contributed by atoms with Crippen LogP contribution in [0.25, 0.3) is 0 Å². The lowest BCUT2D eigenvalue weighted by Crippen LogP contribution is -2.34. The first-order chi connectivity index (χ1) is 9.37. The van der Waals surface area contributed by atoms with Gasteiger partial charge in [-0.25, -0.2) is 4.99 Å². The number of esters is 1. The van der Waals surface area contributed by atoms with E-state index >= 15 is 0 Å². The van der Waals surface area contributed by atoms with Gasteiger partial charge in [0, 0.05) is 24.9 Å². The summed E-state index contributed by atoms with van der Waals surface area (Å²) in [6.45, 7) is 5.95. The van der Waals surface area contributed by atoms with Gasteiger partial charge < -0.3 is 15.8 Å². The van der Waals surface area contributed by atoms with Gasteiger partial charge in [-0.2, -0.15) is 0 Å². The van der Waals surface area contributed by atoms with E-state index in [1.165, 1.54) is 0 Å². The summed E-state index contributed by atoms with van der Waals surface area (Å²) in [6.07, 6.45) is 2.48. The molecule has 6 nitrogen and oxygen atoms in total. The molecule has 0 saturated carbocycles. The molecule has 0 radical (unpaired) electrons. The second-order valence-corrected chi connectivity index (χ2v) is 5.29.